The van der Waals surface area contributed by atoms with Crippen LogP contribution in [0.5, 0.6) is 5.75 Å². The summed E-state index contributed by atoms with van der Waals surface area (Å²) in [6.07, 6.45) is -0.133. The lowest BCUT2D eigenvalue weighted by molar-refractivity contribution is 0.230. The van der Waals surface area contributed by atoms with Gasteiger partial charge in [0.2, 0.25) is 0 Å². The van der Waals surface area contributed by atoms with Gasteiger partial charge in [-0.1, -0.05) is 0 Å². The van der Waals surface area contributed by atoms with Crippen molar-refractivity contribution >= 4 is 15.9 Å². The minimum absolute atomic E-state index is 0.0586. The molecule has 0 amide bonds. The summed E-state index contributed by atoms with van der Waals surface area (Å²) >= 11 is 2.79. The first-order valence-corrected chi connectivity index (χ1v) is 4.62. The predicted molar refractivity (Wildman–Crippen MR) is 49.8 cm³/mol. The highest BCUT2D eigenvalue weighted by atomic mass is 79.9. The maximum Gasteiger partial charge on any atom is 0.182 e. The quantitative estimate of drug-likeness (QED) is 0.731. The summed E-state index contributed by atoms with van der Waals surface area (Å²) in [4.78, 5) is 0. The molecule has 0 spiro atoms. The van der Waals surface area contributed by atoms with Crippen molar-refractivity contribution in [2.45, 2.75) is 20.0 Å². The van der Waals surface area contributed by atoms with Crippen LogP contribution in [0.3, 0.4) is 0 Å². The van der Waals surface area contributed by atoms with Crippen molar-refractivity contribution in [1.29, 1.82) is 0 Å². The molecule has 0 atom stereocenters. The first kappa shape index (κ1) is 10.4. The van der Waals surface area contributed by atoms with Crippen LogP contribution in [0.4, 0.5) is 8.78 Å². The Morgan fingerprint density at radius 2 is 1.92 bits per heavy atom. The van der Waals surface area contributed by atoms with E-state index in [-0.39, 0.29) is 16.3 Å². The highest BCUT2D eigenvalue weighted by molar-refractivity contribution is 9.10. The summed E-state index contributed by atoms with van der Waals surface area (Å²) in [5, 5.41) is 0. The molecule has 0 N–H and O–H groups in total. The molecule has 0 radical (unpaired) electrons. The predicted octanol–water partition coefficient (Wildman–Crippen LogP) is 3.51. The fraction of sp³-hybridized carbons (Fsp3) is 0.333. The van der Waals surface area contributed by atoms with E-state index >= 15 is 0 Å². The van der Waals surface area contributed by atoms with Gasteiger partial charge in [0.15, 0.2) is 11.6 Å². The molecule has 0 saturated heterocycles. The minimum Gasteiger partial charge on any atom is -0.488 e. The number of ether oxygens (including phenoxy) is 1. The van der Waals surface area contributed by atoms with Crippen LogP contribution in [0, 0.1) is 11.6 Å². The number of hydrogen-bond acceptors (Lipinski definition) is 1. The lowest BCUT2D eigenvalue weighted by atomic mass is 10.3. The van der Waals surface area contributed by atoms with Crippen molar-refractivity contribution in [2.75, 3.05) is 0 Å². The van der Waals surface area contributed by atoms with Crippen molar-refractivity contribution in [3.8, 4) is 5.75 Å². The van der Waals surface area contributed by atoms with Gasteiger partial charge in [0.1, 0.15) is 5.82 Å². The average molecular weight is 251 g/mol. The van der Waals surface area contributed by atoms with Gasteiger partial charge < -0.3 is 4.74 Å². The maximum atomic E-state index is 13.2. The molecule has 0 heterocycles. The molecule has 1 nitrogen and oxygen atoms in total. The molecule has 4 heteroatoms. The third-order valence-corrected chi connectivity index (χ3v) is 2.09. The second-order valence-electron chi connectivity index (χ2n) is 2.84. The standard InChI is InChI=1S/C9H9BrF2O/c1-5(2)13-7-4-3-6(11)8(10)9(7)12/h3-5H,1-2H3. The Balaban J connectivity index is 3.04. The van der Waals surface area contributed by atoms with Crippen LogP contribution < -0.4 is 4.74 Å². The molecule has 0 aliphatic heterocycles. The molecule has 13 heavy (non-hydrogen) atoms. The first-order valence-electron chi connectivity index (χ1n) is 3.82. The van der Waals surface area contributed by atoms with Crippen molar-refractivity contribution in [3.63, 3.8) is 0 Å². The molecule has 0 aromatic heterocycles. The molecule has 0 fully saturated rings. The van der Waals surface area contributed by atoms with Crippen molar-refractivity contribution in [3.05, 3.63) is 28.2 Å². The normalized spacial score (nSPS) is 10.6. The molecule has 72 valence electrons. The zero-order valence-electron chi connectivity index (χ0n) is 7.27. The average Bonchev–Trinajstić information content (AvgIpc) is 2.06. The highest BCUT2D eigenvalue weighted by Crippen LogP contribution is 2.27. The topological polar surface area (TPSA) is 9.23 Å². The van der Waals surface area contributed by atoms with Gasteiger partial charge in [0, 0.05) is 0 Å². The van der Waals surface area contributed by atoms with Gasteiger partial charge in [-0.3, -0.25) is 0 Å². The summed E-state index contributed by atoms with van der Waals surface area (Å²) in [6.45, 7) is 3.55. The van der Waals surface area contributed by atoms with E-state index < -0.39 is 11.6 Å². The SMILES string of the molecule is CC(C)Oc1ccc(F)c(Br)c1F. The number of rotatable bonds is 2. The second-order valence-corrected chi connectivity index (χ2v) is 3.63. The lowest BCUT2D eigenvalue weighted by Crippen LogP contribution is -2.07. The van der Waals surface area contributed by atoms with E-state index in [1.165, 1.54) is 6.07 Å². The molecule has 1 rings (SSSR count). The van der Waals surface area contributed by atoms with E-state index in [9.17, 15) is 8.78 Å². The van der Waals surface area contributed by atoms with Crippen LogP contribution in [-0.2, 0) is 0 Å². The van der Waals surface area contributed by atoms with Gasteiger partial charge in [0.25, 0.3) is 0 Å². The number of hydrogen-bond donors (Lipinski definition) is 0. The van der Waals surface area contributed by atoms with Gasteiger partial charge >= 0.3 is 0 Å². The van der Waals surface area contributed by atoms with Gasteiger partial charge in [-0.25, -0.2) is 8.78 Å². The Hall–Kier alpha value is -0.640. The smallest absolute Gasteiger partial charge is 0.182 e. The zero-order chi connectivity index (χ0) is 10.0. The van der Waals surface area contributed by atoms with E-state index in [1.807, 2.05) is 0 Å². The van der Waals surface area contributed by atoms with E-state index in [0.717, 1.165) is 6.07 Å². The Morgan fingerprint density at radius 1 is 1.31 bits per heavy atom. The molecule has 0 bridgehead atoms. The van der Waals surface area contributed by atoms with E-state index in [2.05, 4.69) is 15.9 Å². The minimum atomic E-state index is -0.700. The Kier molecular flexibility index (Phi) is 3.25. The summed E-state index contributed by atoms with van der Waals surface area (Å²) in [5.41, 5.74) is 0. The Labute approximate surface area is 83.8 Å². The molecule has 0 aliphatic carbocycles. The van der Waals surface area contributed by atoms with E-state index in [1.54, 1.807) is 13.8 Å². The molecule has 0 aliphatic rings. The van der Waals surface area contributed by atoms with Crippen molar-refractivity contribution in [1.82, 2.24) is 0 Å². The van der Waals surface area contributed by atoms with Gasteiger partial charge in [-0.15, -0.1) is 0 Å². The van der Waals surface area contributed by atoms with Crippen molar-refractivity contribution in [2.24, 2.45) is 0 Å². The molecule has 1 aromatic rings. The first-order chi connectivity index (χ1) is 6.02. The number of benzene rings is 1. The van der Waals surface area contributed by atoms with Crippen LogP contribution in [0.15, 0.2) is 16.6 Å². The molecule has 0 saturated carbocycles. The zero-order valence-corrected chi connectivity index (χ0v) is 8.86. The molecule has 0 unspecified atom stereocenters. The fourth-order valence-corrected chi connectivity index (χ4v) is 1.18. The monoisotopic (exact) mass is 250 g/mol. The Morgan fingerprint density at radius 3 is 2.46 bits per heavy atom. The fourth-order valence-electron chi connectivity index (χ4n) is 0.853. The van der Waals surface area contributed by atoms with Crippen LogP contribution >= 0.6 is 15.9 Å². The lowest BCUT2D eigenvalue weighted by Gasteiger charge is -2.11. The largest absolute Gasteiger partial charge is 0.488 e. The van der Waals surface area contributed by atoms with Crippen LogP contribution in [0.25, 0.3) is 0 Å². The molecular formula is C9H9BrF2O. The Bertz CT molecular complexity index is 313. The number of halogens is 3. The summed E-state index contributed by atoms with van der Waals surface area (Å²) in [6, 6.07) is 2.43. The van der Waals surface area contributed by atoms with Crippen LogP contribution in [0.1, 0.15) is 13.8 Å². The van der Waals surface area contributed by atoms with Gasteiger partial charge in [-0.2, -0.15) is 0 Å². The molecular weight excluding hydrogens is 242 g/mol. The highest BCUT2D eigenvalue weighted by Gasteiger charge is 2.12. The van der Waals surface area contributed by atoms with Crippen LogP contribution in [-0.4, -0.2) is 6.10 Å². The third kappa shape index (κ3) is 2.40. The summed E-state index contributed by atoms with van der Waals surface area (Å²) in [7, 11) is 0. The van der Waals surface area contributed by atoms with Gasteiger partial charge in [0.05, 0.1) is 10.6 Å². The molecule has 1 aromatic carbocycles. The van der Waals surface area contributed by atoms with E-state index in [4.69, 9.17) is 4.74 Å². The maximum absolute atomic E-state index is 13.2. The third-order valence-electron chi connectivity index (χ3n) is 1.36. The van der Waals surface area contributed by atoms with E-state index in [0.29, 0.717) is 0 Å². The summed E-state index contributed by atoms with van der Waals surface area (Å²) in [5.74, 6) is -1.27. The second kappa shape index (κ2) is 4.05. The summed E-state index contributed by atoms with van der Waals surface area (Å²) < 4.78 is 30.9. The van der Waals surface area contributed by atoms with Crippen molar-refractivity contribution < 1.29 is 13.5 Å². The van der Waals surface area contributed by atoms with Crippen LogP contribution in [0.2, 0.25) is 0 Å². The van der Waals surface area contributed by atoms with Gasteiger partial charge in [-0.05, 0) is 41.9 Å².